The van der Waals surface area contributed by atoms with Gasteiger partial charge in [-0.1, -0.05) is 30.3 Å². The molecular weight excluding hydrogens is 369 g/mol. The summed E-state index contributed by atoms with van der Waals surface area (Å²) in [6, 6.07) is 15.2. The quantitative estimate of drug-likeness (QED) is 0.393. The SMILES string of the molecule is CCOP(=O)(CC(=O)Oc1ccccc1C(=O)Nc1ccccc1)OCC. The van der Waals surface area contributed by atoms with Crippen molar-refractivity contribution in [3.8, 4) is 5.75 Å². The number of anilines is 1. The van der Waals surface area contributed by atoms with Crippen LogP contribution in [-0.4, -0.2) is 31.3 Å². The van der Waals surface area contributed by atoms with Gasteiger partial charge < -0.3 is 19.1 Å². The monoisotopic (exact) mass is 391 g/mol. The molecule has 2 rings (SSSR count). The summed E-state index contributed by atoms with van der Waals surface area (Å²) < 4.78 is 27.9. The molecule has 2 aromatic carbocycles. The van der Waals surface area contributed by atoms with Crippen LogP contribution in [0.25, 0.3) is 0 Å². The first-order chi connectivity index (χ1) is 13.0. The summed E-state index contributed by atoms with van der Waals surface area (Å²) in [5, 5.41) is 2.73. The largest absolute Gasteiger partial charge is 0.425 e. The third-order valence-electron chi connectivity index (χ3n) is 3.36. The van der Waals surface area contributed by atoms with Gasteiger partial charge in [0.05, 0.1) is 18.8 Å². The van der Waals surface area contributed by atoms with Gasteiger partial charge in [0.2, 0.25) is 0 Å². The molecule has 8 heteroatoms. The summed E-state index contributed by atoms with van der Waals surface area (Å²) >= 11 is 0. The first-order valence-corrected chi connectivity index (χ1v) is 10.2. The minimum absolute atomic E-state index is 0.0653. The van der Waals surface area contributed by atoms with Gasteiger partial charge in [-0.2, -0.15) is 0 Å². The molecule has 0 bridgehead atoms. The minimum Gasteiger partial charge on any atom is -0.425 e. The first-order valence-electron chi connectivity index (χ1n) is 8.51. The van der Waals surface area contributed by atoms with Crippen LogP contribution in [0.3, 0.4) is 0 Å². The molecule has 27 heavy (non-hydrogen) atoms. The molecule has 7 nitrogen and oxygen atoms in total. The van der Waals surface area contributed by atoms with E-state index >= 15 is 0 Å². The molecule has 0 aromatic heterocycles. The highest BCUT2D eigenvalue weighted by Crippen LogP contribution is 2.47. The van der Waals surface area contributed by atoms with Crippen molar-refractivity contribution in [1.82, 2.24) is 0 Å². The number of para-hydroxylation sites is 2. The number of carbonyl (C=O) groups excluding carboxylic acids is 2. The molecular formula is C19H22NO6P. The van der Waals surface area contributed by atoms with Crippen molar-refractivity contribution in [1.29, 1.82) is 0 Å². The van der Waals surface area contributed by atoms with Gasteiger partial charge in [-0.15, -0.1) is 0 Å². The van der Waals surface area contributed by atoms with Crippen LogP contribution < -0.4 is 10.1 Å². The lowest BCUT2D eigenvalue weighted by atomic mass is 10.2. The van der Waals surface area contributed by atoms with E-state index in [4.69, 9.17) is 13.8 Å². The van der Waals surface area contributed by atoms with Crippen molar-refractivity contribution in [2.24, 2.45) is 0 Å². The zero-order chi connectivity index (χ0) is 19.7. The van der Waals surface area contributed by atoms with Crippen LogP contribution in [0, 0.1) is 0 Å². The average molecular weight is 391 g/mol. The van der Waals surface area contributed by atoms with Crippen molar-refractivity contribution in [2.45, 2.75) is 13.8 Å². The van der Waals surface area contributed by atoms with E-state index in [0.29, 0.717) is 5.69 Å². The summed E-state index contributed by atoms with van der Waals surface area (Å²) in [7, 11) is -3.58. The van der Waals surface area contributed by atoms with Crippen LogP contribution in [0.2, 0.25) is 0 Å². The van der Waals surface area contributed by atoms with Crippen molar-refractivity contribution in [3.63, 3.8) is 0 Å². The Balaban J connectivity index is 2.12. The highest BCUT2D eigenvalue weighted by atomic mass is 31.2. The molecule has 1 amide bonds. The van der Waals surface area contributed by atoms with Crippen LogP contribution in [0.1, 0.15) is 24.2 Å². The van der Waals surface area contributed by atoms with Gasteiger partial charge in [-0.3, -0.25) is 14.2 Å². The molecule has 2 aromatic rings. The summed E-state index contributed by atoms with van der Waals surface area (Å²) in [5.74, 6) is -1.17. The van der Waals surface area contributed by atoms with Gasteiger partial charge in [0.15, 0.2) is 0 Å². The Morgan fingerprint density at radius 3 is 2.15 bits per heavy atom. The molecule has 0 radical (unpaired) electrons. The van der Waals surface area contributed by atoms with Gasteiger partial charge in [-0.05, 0) is 38.1 Å². The lowest BCUT2D eigenvalue weighted by molar-refractivity contribution is -0.131. The number of benzene rings is 2. The van der Waals surface area contributed by atoms with Crippen molar-refractivity contribution < 1.29 is 27.9 Å². The van der Waals surface area contributed by atoms with E-state index in [2.05, 4.69) is 5.32 Å². The van der Waals surface area contributed by atoms with Gasteiger partial charge in [0.25, 0.3) is 5.91 Å². The Bertz CT molecular complexity index is 814. The predicted octanol–water partition coefficient (Wildman–Crippen LogP) is 4.11. The molecule has 0 fully saturated rings. The minimum atomic E-state index is -3.58. The van der Waals surface area contributed by atoms with E-state index < -0.39 is 25.6 Å². The number of hydrogen-bond acceptors (Lipinski definition) is 6. The number of hydrogen-bond donors (Lipinski definition) is 1. The Labute approximate surface area is 158 Å². The fraction of sp³-hybridized carbons (Fsp3) is 0.263. The molecule has 0 heterocycles. The smallest absolute Gasteiger partial charge is 0.341 e. The van der Waals surface area contributed by atoms with Gasteiger partial charge in [0.1, 0.15) is 11.9 Å². The predicted molar refractivity (Wildman–Crippen MR) is 102 cm³/mol. The van der Waals surface area contributed by atoms with E-state index in [1.807, 2.05) is 6.07 Å². The maximum atomic E-state index is 12.5. The number of rotatable bonds is 9. The molecule has 0 saturated heterocycles. The number of amides is 1. The number of esters is 1. The fourth-order valence-corrected chi connectivity index (χ4v) is 3.72. The standard InChI is InChI=1S/C19H22NO6P/c1-3-24-27(23,25-4-2)14-18(21)26-17-13-9-8-12-16(17)19(22)20-15-10-6-5-7-11-15/h5-13H,3-4,14H2,1-2H3,(H,20,22). The third kappa shape index (κ3) is 6.32. The van der Waals surface area contributed by atoms with Crippen LogP contribution in [0.15, 0.2) is 54.6 Å². The van der Waals surface area contributed by atoms with Gasteiger partial charge >= 0.3 is 13.6 Å². The first kappa shape index (κ1) is 20.8. The van der Waals surface area contributed by atoms with Crippen LogP contribution in [0.4, 0.5) is 5.69 Å². The maximum absolute atomic E-state index is 12.5. The third-order valence-corrected chi connectivity index (χ3v) is 5.31. The van der Waals surface area contributed by atoms with Gasteiger partial charge in [0, 0.05) is 5.69 Å². The Hall–Kier alpha value is -2.47. The lowest BCUT2D eigenvalue weighted by Gasteiger charge is -2.16. The summed E-state index contributed by atoms with van der Waals surface area (Å²) in [5.41, 5.74) is 0.790. The van der Waals surface area contributed by atoms with E-state index in [-0.39, 0.29) is 24.5 Å². The molecule has 1 N–H and O–H groups in total. The van der Waals surface area contributed by atoms with E-state index in [9.17, 15) is 14.2 Å². The summed E-state index contributed by atoms with van der Waals surface area (Å²) in [6.45, 7) is 3.59. The molecule has 0 aliphatic rings. The Morgan fingerprint density at radius 1 is 0.926 bits per heavy atom. The normalized spacial score (nSPS) is 11.0. The van der Waals surface area contributed by atoms with Crippen LogP contribution in [0.5, 0.6) is 5.75 Å². The molecule has 144 valence electrons. The summed E-state index contributed by atoms with van der Waals surface area (Å²) in [4.78, 5) is 24.7. The maximum Gasteiger partial charge on any atom is 0.341 e. The highest BCUT2D eigenvalue weighted by Gasteiger charge is 2.29. The van der Waals surface area contributed by atoms with Crippen LogP contribution in [-0.2, 0) is 18.4 Å². The highest BCUT2D eigenvalue weighted by molar-refractivity contribution is 7.54. The van der Waals surface area contributed by atoms with Crippen molar-refractivity contribution in [3.05, 3.63) is 60.2 Å². The number of ether oxygens (including phenoxy) is 1. The molecule has 0 unspecified atom stereocenters. The second kappa shape index (κ2) is 10.0. The number of carbonyl (C=O) groups is 2. The number of nitrogens with one attached hydrogen (secondary N) is 1. The Kier molecular flexibility index (Phi) is 7.73. The lowest BCUT2D eigenvalue weighted by Crippen LogP contribution is -2.19. The molecule has 0 aliphatic heterocycles. The Morgan fingerprint density at radius 2 is 1.52 bits per heavy atom. The van der Waals surface area contributed by atoms with Crippen LogP contribution >= 0.6 is 7.60 Å². The van der Waals surface area contributed by atoms with E-state index in [1.165, 1.54) is 12.1 Å². The van der Waals surface area contributed by atoms with E-state index in [0.717, 1.165) is 0 Å². The van der Waals surface area contributed by atoms with Crippen molar-refractivity contribution >= 4 is 25.2 Å². The van der Waals surface area contributed by atoms with Crippen molar-refractivity contribution in [2.75, 3.05) is 24.7 Å². The average Bonchev–Trinajstić information content (AvgIpc) is 2.63. The zero-order valence-electron chi connectivity index (χ0n) is 15.2. The van der Waals surface area contributed by atoms with E-state index in [1.54, 1.807) is 50.2 Å². The fourth-order valence-electron chi connectivity index (χ4n) is 2.30. The second-order valence-electron chi connectivity index (χ2n) is 5.39. The molecule has 0 atom stereocenters. The molecule has 0 aliphatic carbocycles. The topological polar surface area (TPSA) is 90.9 Å². The zero-order valence-corrected chi connectivity index (χ0v) is 16.1. The van der Waals surface area contributed by atoms with Gasteiger partial charge in [-0.25, -0.2) is 0 Å². The second-order valence-corrected chi connectivity index (χ2v) is 7.45. The molecule has 0 spiro atoms. The molecule has 0 saturated carbocycles. The summed E-state index contributed by atoms with van der Waals surface area (Å²) in [6.07, 6.45) is -0.538.